The van der Waals surface area contributed by atoms with Gasteiger partial charge in [0.15, 0.2) is 5.75 Å². The van der Waals surface area contributed by atoms with Crippen molar-refractivity contribution in [1.82, 2.24) is 4.90 Å². The SMILES string of the molecule is CN1CCC(Sc2ccc(N)c(O)c2Cl)CC1. The maximum absolute atomic E-state index is 9.68. The van der Waals surface area contributed by atoms with Gasteiger partial charge in [0.1, 0.15) is 0 Å². The van der Waals surface area contributed by atoms with Crippen LogP contribution in [0.1, 0.15) is 12.8 Å². The lowest BCUT2D eigenvalue weighted by molar-refractivity contribution is 0.282. The minimum absolute atomic E-state index is 0.00425. The predicted octanol–water partition coefficient (Wildman–Crippen LogP) is 2.81. The van der Waals surface area contributed by atoms with Gasteiger partial charge in [-0.1, -0.05) is 11.6 Å². The third-order valence-electron chi connectivity index (χ3n) is 3.07. The number of halogens is 1. The lowest BCUT2D eigenvalue weighted by Gasteiger charge is -2.28. The van der Waals surface area contributed by atoms with Crippen LogP contribution in [0.25, 0.3) is 0 Å². The van der Waals surface area contributed by atoms with Crippen molar-refractivity contribution >= 4 is 29.1 Å². The van der Waals surface area contributed by atoms with E-state index in [0.29, 0.717) is 16.0 Å². The molecular formula is C12H17ClN2OS. The van der Waals surface area contributed by atoms with Crippen molar-refractivity contribution in [1.29, 1.82) is 0 Å². The lowest BCUT2D eigenvalue weighted by atomic mass is 10.1. The summed E-state index contributed by atoms with van der Waals surface area (Å²) < 4.78 is 0. The minimum atomic E-state index is 0.00425. The van der Waals surface area contributed by atoms with E-state index in [4.69, 9.17) is 17.3 Å². The van der Waals surface area contributed by atoms with E-state index in [1.165, 1.54) is 0 Å². The van der Waals surface area contributed by atoms with Crippen LogP contribution < -0.4 is 5.73 Å². The van der Waals surface area contributed by atoms with Gasteiger partial charge in [0.25, 0.3) is 0 Å². The van der Waals surface area contributed by atoms with E-state index < -0.39 is 0 Å². The smallest absolute Gasteiger partial charge is 0.158 e. The lowest BCUT2D eigenvalue weighted by Crippen LogP contribution is -2.31. The van der Waals surface area contributed by atoms with E-state index in [1.54, 1.807) is 17.8 Å². The van der Waals surface area contributed by atoms with Gasteiger partial charge in [-0.15, -0.1) is 11.8 Å². The minimum Gasteiger partial charge on any atom is -0.504 e. The van der Waals surface area contributed by atoms with E-state index >= 15 is 0 Å². The van der Waals surface area contributed by atoms with Crippen LogP contribution in [-0.4, -0.2) is 35.4 Å². The Morgan fingerprint density at radius 2 is 2.06 bits per heavy atom. The Balaban J connectivity index is 2.06. The molecule has 94 valence electrons. The Labute approximate surface area is 111 Å². The second-order valence-corrected chi connectivity index (χ2v) is 6.16. The van der Waals surface area contributed by atoms with Crippen molar-refractivity contribution in [3.63, 3.8) is 0 Å². The number of hydrogen-bond donors (Lipinski definition) is 2. The first-order chi connectivity index (χ1) is 8.08. The number of phenols is 1. The monoisotopic (exact) mass is 272 g/mol. The summed E-state index contributed by atoms with van der Waals surface area (Å²) in [4.78, 5) is 3.26. The average molecular weight is 273 g/mol. The summed E-state index contributed by atoms with van der Waals surface area (Å²) in [6.07, 6.45) is 2.31. The molecule has 0 atom stereocenters. The molecule has 17 heavy (non-hydrogen) atoms. The van der Waals surface area contributed by atoms with Crippen LogP contribution in [0.15, 0.2) is 17.0 Å². The normalized spacial score (nSPS) is 18.5. The zero-order valence-electron chi connectivity index (χ0n) is 9.82. The van der Waals surface area contributed by atoms with E-state index in [0.717, 1.165) is 30.8 Å². The highest BCUT2D eigenvalue weighted by atomic mass is 35.5. The molecule has 3 nitrogen and oxygen atoms in total. The predicted molar refractivity (Wildman–Crippen MR) is 73.9 cm³/mol. The van der Waals surface area contributed by atoms with Crippen LogP contribution in [0.3, 0.4) is 0 Å². The summed E-state index contributed by atoms with van der Waals surface area (Å²) >= 11 is 7.83. The number of phenolic OH excluding ortho intramolecular Hbond substituents is 1. The topological polar surface area (TPSA) is 49.5 Å². The Morgan fingerprint density at radius 3 is 2.71 bits per heavy atom. The summed E-state index contributed by atoms with van der Waals surface area (Å²) in [5.41, 5.74) is 5.93. The quantitative estimate of drug-likeness (QED) is 0.642. The summed E-state index contributed by atoms with van der Waals surface area (Å²) in [6.45, 7) is 2.24. The first-order valence-corrected chi connectivity index (χ1v) is 6.96. The number of nitrogens with two attached hydrogens (primary N) is 1. The molecule has 1 saturated heterocycles. The molecule has 3 N–H and O–H groups in total. The Hall–Kier alpha value is -0.580. The van der Waals surface area contributed by atoms with Gasteiger partial charge in [-0.2, -0.15) is 0 Å². The molecule has 1 aliphatic heterocycles. The zero-order valence-corrected chi connectivity index (χ0v) is 11.4. The molecule has 1 fully saturated rings. The molecule has 0 amide bonds. The maximum atomic E-state index is 9.68. The van der Waals surface area contributed by atoms with Crippen molar-refractivity contribution in [3.8, 4) is 5.75 Å². The zero-order chi connectivity index (χ0) is 12.4. The molecular weight excluding hydrogens is 256 g/mol. The highest BCUT2D eigenvalue weighted by molar-refractivity contribution is 8.00. The largest absolute Gasteiger partial charge is 0.504 e. The number of rotatable bonds is 2. The van der Waals surface area contributed by atoms with E-state index in [1.807, 2.05) is 6.07 Å². The average Bonchev–Trinajstić information content (AvgIpc) is 2.33. The fourth-order valence-electron chi connectivity index (χ4n) is 1.93. The van der Waals surface area contributed by atoms with E-state index in [9.17, 15) is 5.11 Å². The van der Waals surface area contributed by atoms with Gasteiger partial charge in [-0.3, -0.25) is 0 Å². The maximum Gasteiger partial charge on any atom is 0.158 e. The number of likely N-dealkylation sites (tertiary alicyclic amines) is 1. The molecule has 0 saturated carbocycles. The van der Waals surface area contributed by atoms with Crippen LogP contribution >= 0.6 is 23.4 Å². The van der Waals surface area contributed by atoms with E-state index in [-0.39, 0.29) is 5.75 Å². The second-order valence-electron chi connectivity index (χ2n) is 4.44. The highest BCUT2D eigenvalue weighted by Crippen LogP contribution is 2.41. The van der Waals surface area contributed by atoms with Gasteiger partial charge in [0.05, 0.1) is 10.7 Å². The van der Waals surface area contributed by atoms with Gasteiger partial charge < -0.3 is 15.7 Å². The molecule has 0 bridgehead atoms. The number of nitrogen functional groups attached to an aromatic ring is 1. The van der Waals surface area contributed by atoms with Crippen LogP contribution in [0, 0.1) is 0 Å². The number of nitrogens with zero attached hydrogens (tertiary/aromatic N) is 1. The molecule has 0 aliphatic carbocycles. The van der Waals surface area contributed by atoms with Crippen molar-refractivity contribution in [3.05, 3.63) is 17.2 Å². The van der Waals surface area contributed by atoms with Gasteiger partial charge in [0, 0.05) is 10.1 Å². The van der Waals surface area contributed by atoms with Gasteiger partial charge in [-0.25, -0.2) is 0 Å². The molecule has 0 spiro atoms. The summed E-state index contributed by atoms with van der Waals surface area (Å²) in [5.74, 6) is 0.00425. The Kier molecular flexibility index (Phi) is 4.07. The summed E-state index contributed by atoms with van der Waals surface area (Å²) in [6, 6.07) is 3.60. The molecule has 1 heterocycles. The van der Waals surface area contributed by atoms with Crippen LogP contribution in [0.4, 0.5) is 5.69 Å². The standard InChI is InChI=1S/C12H17ClN2OS/c1-15-6-4-8(5-7-15)17-10-3-2-9(14)12(16)11(10)13/h2-3,8,16H,4-7,14H2,1H3. The molecule has 1 aromatic carbocycles. The van der Waals surface area contributed by atoms with Crippen LogP contribution in [0.2, 0.25) is 5.02 Å². The van der Waals surface area contributed by atoms with Gasteiger partial charge >= 0.3 is 0 Å². The third kappa shape index (κ3) is 3.00. The number of anilines is 1. The number of hydrogen-bond acceptors (Lipinski definition) is 4. The van der Waals surface area contributed by atoms with Crippen molar-refractivity contribution in [2.45, 2.75) is 23.0 Å². The number of benzene rings is 1. The summed E-state index contributed by atoms with van der Waals surface area (Å²) in [7, 11) is 2.14. The number of thioether (sulfide) groups is 1. The first kappa shape index (κ1) is 12.9. The molecule has 1 aliphatic rings. The first-order valence-electron chi connectivity index (χ1n) is 5.70. The third-order valence-corrected chi connectivity index (χ3v) is 4.96. The van der Waals surface area contributed by atoms with Crippen LogP contribution in [-0.2, 0) is 0 Å². The van der Waals surface area contributed by atoms with E-state index in [2.05, 4.69) is 11.9 Å². The molecule has 1 aromatic rings. The van der Waals surface area contributed by atoms with Crippen LogP contribution in [0.5, 0.6) is 5.75 Å². The molecule has 5 heteroatoms. The molecule has 0 aromatic heterocycles. The second kappa shape index (κ2) is 5.38. The van der Waals surface area contributed by atoms with Crippen molar-refractivity contribution < 1.29 is 5.11 Å². The Bertz CT molecular complexity index is 406. The highest BCUT2D eigenvalue weighted by Gasteiger charge is 2.19. The van der Waals surface area contributed by atoms with Gasteiger partial charge in [0.2, 0.25) is 0 Å². The molecule has 0 unspecified atom stereocenters. The fourth-order valence-corrected chi connectivity index (χ4v) is 3.39. The van der Waals surface area contributed by atoms with Crippen molar-refractivity contribution in [2.75, 3.05) is 25.9 Å². The van der Waals surface area contributed by atoms with Gasteiger partial charge in [-0.05, 0) is 45.1 Å². The fraction of sp³-hybridized carbons (Fsp3) is 0.500. The molecule has 0 radical (unpaired) electrons. The Morgan fingerprint density at radius 1 is 1.41 bits per heavy atom. The number of piperidine rings is 1. The summed E-state index contributed by atoms with van der Waals surface area (Å²) in [5, 5.41) is 10.6. The number of aromatic hydroxyl groups is 1. The molecule has 2 rings (SSSR count). The van der Waals surface area contributed by atoms with Crippen molar-refractivity contribution in [2.24, 2.45) is 0 Å².